The van der Waals surface area contributed by atoms with Crippen LogP contribution in [0.4, 0.5) is 29.3 Å². The Labute approximate surface area is 164 Å². The quantitative estimate of drug-likeness (QED) is 0.677. The SMILES string of the molecule is O=C1N(c2cccc(C(F)(F)F)c2)[C@H]2CS(=O)(=O)C[C@@H]2N1c1ccccc1Cl. The molecule has 0 N–H and O–H groups in total. The number of sulfone groups is 1. The number of rotatable bonds is 2. The van der Waals surface area contributed by atoms with Gasteiger partial charge in [0.05, 0.1) is 39.9 Å². The smallest absolute Gasteiger partial charge is 0.288 e. The second-order valence-corrected chi connectivity index (χ2v) is 9.29. The lowest BCUT2D eigenvalue weighted by Gasteiger charge is -2.24. The first-order valence-corrected chi connectivity index (χ1v) is 10.5. The Balaban J connectivity index is 1.83. The van der Waals surface area contributed by atoms with E-state index in [2.05, 4.69) is 0 Å². The highest BCUT2D eigenvalue weighted by Crippen LogP contribution is 2.41. The predicted octanol–water partition coefficient (Wildman–Crippen LogP) is 3.97. The summed E-state index contributed by atoms with van der Waals surface area (Å²) in [5.41, 5.74) is -0.580. The number of fused-ring (bicyclic) bond motifs is 1. The summed E-state index contributed by atoms with van der Waals surface area (Å²) in [5.74, 6) is -0.593. The number of carbonyl (C=O) groups excluding carboxylic acids is 1. The van der Waals surface area contributed by atoms with E-state index in [-0.39, 0.29) is 22.2 Å². The normalized spacial score (nSPS) is 23.9. The summed E-state index contributed by atoms with van der Waals surface area (Å²) in [6.45, 7) is 0. The maximum absolute atomic E-state index is 13.2. The fourth-order valence-electron chi connectivity index (χ4n) is 3.77. The van der Waals surface area contributed by atoms with Crippen LogP contribution in [0, 0.1) is 0 Å². The van der Waals surface area contributed by atoms with Gasteiger partial charge in [-0.25, -0.2) is 13.2 Å². The van der Waals surface area contributed by atoms with Crippen LogP contribution in [0.2, 0.25) is 5.02 Å². The number of hydrogen-bond donors (Lipinski definition) is 0. The molecule has 4 rings (SSSR count). The monoisotopic (exact) mass is 430 g/mol. The third-order valence-corrected chi connectivity index (χ3v) is 6.95. The van der Waals surface area contributed by atoms with E-state index in [0.717, 1.165) is 17.0 Å². The maximum Gasteiger partial charge on any atom is 0.416 e. The van der Waals surface area contributed by atoms with Gasteiger partial charge in [0.2, 0.25) is 0 Å². The molecule has 0 radical (unpaired) electrons. The van der Waals surface area contributed by atoms with Crippen molar-refractivity contribution in [3.05, 3.63) is 59.1 Å². The molecule has 2 aliphatic rings. The predicted molar refractivity (Wildman–Crippen MR) is 99.5 cm³/mol. The van der Waals surface area contributed by atoms with E-state index in [9.17, 15) is 26.4 Å². The van der Waals surface area contributed by atoms with Gasteiger partial charge in [0, 0.05) is 5.69 Å². The van der Waals surface area contributed by atoms with Crippen LogP contribution in [-0.2, 0) is 16.0 Å². The standard InChI is InChI=1S/C18H14ClF3N2O3S/c19-13-6-1-2-7-14(13)24-16-10-28(26,27)9-15(16)23(17(24)25)12-5-3-4-11(8-12)18(20,21)22/h1-8,15-16H,9-10H2/t15-,16-/m0/s1. The van der Waals surface area contributed by atoms with E-state index in [4.69, 9.17) is 11.6 Å². The lowest BCUT2D eigenvalue weighted by atomic mass is 10.1. The summed E-state index contributed by atoms with van der Waals surface area (Å²) in [5, 5.41) is 0.254. The van der Waals surface area contributed by atoms with Crippen LogP contribution in [0.25, 0.3) is 0 Å². The number of halogens is 4. The molecule has 0 unspecified atom stereocenters. The Kier molecular flexibility index (Phi) is 4.35. The average Bonchev–Trinajstić information content (AvgIpc) is 3.04. The highest BCUT2D eigenvalue weighted by Gasteiger charge is 2.55. The minimum Gasteiger partial charge on any atom is -0.288 e. The van der Waals surface area contributed by atoms with Crippen molar-refractivity contribution in [2.75, 3.05) is 21.3 Å². The molecule has 2 aliphatic heterocycles. The minimum atomic E-state index is -4.58. The molecule has 10 heteroatoms. The third-order valence-electron chi connectivity index (χ3n) is 4.93. The summed E-state index contributed by atoms with van der Waals surface area (Å²) in [6, 6.07) is 8.66. The number of nitrogens with zero attached hydrogens (tertiary/aromatic N) is 2. The van der Waals surface area contributed by atoms with Crippen LogP contribution >= 0.6 is 11.6 Å². The van der Waals surface area contributed by atoms with E-state index < -0.39 is 39.7 Å². The zero-order valence-corrected chi connectivity index (χ0v) is 15.8. The first-order valence-electron chi connectivity index (χ1n) is 8.33. The number of anilines is 2. The van der Waals surface area contributed by atoms with Gasteiger partial charge in [-0.2, -0.15) is 13.2 Å². The number of urea groups is 1. The molecule has 2 fully saturated rings. The summed E-state index contributed by atoms with van der Waals surface area (Å²) in [6.07, 6.45) is -4.58. The fraction of sp³-hybridized carbons (Fsp3) is 0.278. The van der Waals surface area contributed by atoms with Crippen molar-refractivity contribution in [3.63, 3.8) is 0 Å². The number of alkyl halides is 3. The van der Waals surface area contributed by atoms with Gasteiger partial charge < -0.3 is 0 Å². The molecule has 0 spiro atoms. The third kappa shape index (κ3) is 3.12. The van der Waals surface area contributed by atoms with Crippen LogP contribution in [-0.4, -0.2) is 38.0 Å². The van der Waals surface area contributed by atoms with Crippen molar-refractivity contribution in [1.29, 1.82) is 0 Å². The molecule has 2 atom stereocenters. The zero-order chi connectivity index (χ0) is 20.3. The Morgan fingerprint density at radius 2 is 1.61 bits per heavy atom. The van der Waals surface area contributed by atoms with Gasteiger partial charge in [0.25, 0.3) is 0 Å². The zero-order valence-electron chi connectivity index (χ0n) is 14.2. The molecule has 0 aromatic heterocycles. The van der Waals surface area contributed by atoms with E-state index in [1.165, 1.54) is 17.0 Å². The highest BCUT2D eigenvalue weighted by atomic mass is 35.5. The lowest BCUT2D eigenvalue weighted by Crippen LogP contribution is -2.38. The minimum absolute atomic E-state index is 0.00137. The van der Waals surface area contributed by atoms with Crippen LogP contribution in [0.1, 0.15) is 5.56 Å². The summed E-state index contributed by atoms with van der Waals surface area (Å²) in [7, 11) is -3.46. The number of hydrogen-bond acceptors (Lipinski definition) is 3. The molecule has 0 saturated carbocycles. The van der Waals surface area contributed by atoms with Crippen molar-refractivity contribution < 1.29 is 26.4 Å². The molecule has 0 aliphatic carbocycles. The number of para-hydroxylation sites is 1. The number of carbonyl (C=O) groups is 1. The Morgan fingerprint density at radius 1 is 0.964 bits per heavy atom. The van der Waals surface area contributed by atoms with Crippen molar-refractivity contribution in [1.82, 2.24) is 0 Å². The van der Waals surface area contributed by atoms with E-state index in [1.807, 2.05) is 0 Å². The second kappa shape index (κ2) is 6.38. The molecule has 2 saturated heterocycles. The van der Waals surface area contributed by atoms with Gasteiger partial charge in [-0.15, -0.1) is 0 Å². The van der Waals surface area contributed by atoms with Crippen molar-refractivity contribution in [2.24, 2.45) is 0 Å². The van der Waals surface area contributed by atoms with Crippen molar-refractivity contribution in [2.45, 2.75) is 18.3 Å². The summed E-state index contributed by atoms with van der Waals surface area (Å²) in [4.78, 5) is 15.6. The van der Waals surface area contributed by atoms with Gasteiger partial charge in [-0.05, 0) is 30.3 Å². The van der Waals surface area contributed by atoms with Crippen molar-refractivity contribution >= 4 is 38.8 Å². The molecule has 2 aromatic carbocycles. The Bertz CT molecular complexity index is 1060. The van der Waals surface area contributed by atoms with Crippen molar-refractivity contribution in [3.8, 4) is 0 Å². The maximum atomic E-state index is 13.2. The van der Waals surface area contributed by atoms with Crippen LogP contribution in [0.15, 0.2) is 48.5 Å². The highest BCUT2D eigenvalue weighted by molar-refractivity contribution is 7.91. The topological polar surface area (TPSA) is 57.7 Å². The average molecular weight is 431 g/mol. The van der Waals surface area contributed by atoms with Crippen LogP contribution in [0.3, 0.4) is 0 Å². The molecule has 0 bridgehead atoms. The Hall–Kier alpha value is -2.26. The summed E-state index contributed by atoms with van der Waals surface area (Å²) >= 11 is 6.20. The van der Waals surface area contributed by atoms with Gasteiger partial charge in [0.15, 0.2) is 9.84 Å². The molecule has 28 heavy (non-hydrogen) atoms. The molecule has 2 amide bonds. The first kappa shape index (κ1) is 19.1. The summed E-state index contributed by atoms with van der Waals surface area (Å²) < 4.78 is 63.8. The molecule has 5 nitrogen and oxygen atoms in total. The number of amides is 2. The van der Waals surface area contributed by atoms with E-state index >= 15 is 0 Å². The first-order chi connectivity index (χ1) is 13.1. The molecule has 2 heterocycles. The molecule has 2 aromatic rings. The van der Waals surface area contributed by atoms with Crippen LogP contribution in [0.5, 0.6) is 0 Å². The fourth-order valence-corrected chi connectivity index (χ4v) is 5.91. The molecular formula is C18H14ClF3N2O3S. The van der Waals surface area contributed by atoms with E-state index in [0.29, 0.717) is 5.69 Å². The van der Waals surface area contributed by atoms with Gasteiger partial charge in [-0.1, -0.05) is 29.8 Å². The van der Waals surface area contributed by atoms with Gasteiger partial charge >= 0.3 is 12.2 Å². The molecule has 148 valence electrons. The van der Waals surface area contributed by atoms with Gasteiger partial charge in [-0.3, -0.25) is 9.80 Å². The Morgan fingerprint density at radius 3 is 2.25 bits per heavy atom. The molecular weight excluding hydrogens is 417 g/mol. The lowest BCUT2D eigenvalue weighted by molar-refractivity contribution is -0.137. The number of benzene rings is 2. The van der Waals surface area contributed by atoms with Crippen LogP contribution < -0.4 is 9.80 Å². The second-order valence-electron chi connectivity index (χ2n) is 6.73. The van der Waals surface area contributed by atoms with Gasteiger partial charge in [0.1, 0.15) is 0 Å². The van der Waals surface area contributed by atoms with E-state index in [1.54, 1.807) is 24.3 Å². The largest absolute Gasteiger partial charge is 0.416 e.